The number of rotatable bonds is 6. The van der Waals surface area contributed by atoms with Crippen molar-refractivity contribution in [2.24, 2.45) is 5.10 Å². The molecular weight excluding hydrogens is 395 g/mol. The van der Waals surface area contributed by atoms with Gasteiger partial charge in [0.2, 0.25) is 0 Å². The van der Waals surface area contributed by atoms with E-state index >= 15 is 0 Å². The minimum absolute atomic E-state index is 0.293. The number of nitrogens with zero attached hydrogens (tertiary/aromatic N) is 1. The van der Waals surface area contributed by atoms with Crippen molar-refractivity contribution in [3.8, 4) is 5.75 Å². The van der Waals surface area contributed by atoms with Gasteiger partial charge in [-0.25, -0.2) is 5.43 Å². The summed E-state index contributed by atoms with van der Waals surface area (Å²) >= 11 is 11.7. The van der Waals surface area contributed by atoms with Gasteiger partial charge in [-0.1, -0.05) is 35.3 Å². The van der Waals surface area contributed by atoms with Crippen LogP contribution in [0, 0.1) is 0 Å². The molecule has 1 amide bonds. The Kier molecular flexibility index (Phi) is 6.69. The van der Waals surface area contributed by atoms with E-state index in [-0.39, 0.29) is 5.91 Å². The van der Waals surface area contributed by atoms with Gasteiger partial charge >= 0.3 is 0 Å². The first-order valence-electron chi connectivity index (χ1n) is 8.59. The maximum Gasteiger partial charge on any atom is 0.271 e. The zero-order valence-corrected chi connectivity index (χ0v) is 16.7. The average Bonchev–Trinajstić information content (AvgIpc) is 2.72. The second-order valence-electron chi connectivity index (χ2n) is 6.08. The number of hydrazone groups is 1. The van der Waals surface area contributed by atoms with Crippen LogP contribution in [0.15, 0.2) is 77.9 Å². The van der Waals surface area contributed by atoms with Crippen LogP contribution in [0.2, 0.25) is 10.0 Å². The summed E-state index contributed by atoms with van der Waals surface area (Å²) in [5, 5.41) is 5.43. The Labute approximate surface area is 173 Å². The summed E-state index contributed by atoms with van der Waals surface area (Å²) in [6.45, 7) is 2.28. The standard InChI is InChI=1S/C22H18Cl2N2O2/c1-15(25-26-22(27)18-4-10-20(24)11-5-18)17-6-12-21(13-7-17)28-14-16-2-8-19(23)9-3-16/h2-13H,14H2,1H3,(H,26,27). The SMILES string of the molecule is CC(=NNC(=O)c1ccc(Cl)cc1)c1ccc(OCc2ccc(Cl)cc2)cc1. The fourth-order valence-corrected chi connectivity index (χ4v) is 2.66. The van der Waals surface area contributed by atoms with Crippen molar-refractivity contribution in [2.45, 2.75) is 13.5 Å². The van der Waals surface area contributed by atoms with E-state index < -0.39 is 0 Å². The first-order chi connectivity index (χ1) is 13.5. The van der Waals surface area contributed by atoms with Crippen molar-refractivity contribution >= 4 is 34.8 Å². The van der Waals surface area contributed by atoms with Crippen molar-refractivity contribution in [3.05, 3.63) is 99.5 Å². The lowest BCUT2D eigenvalue weighted by Crippen LogP contribution is -2.19. The Balaban J connectivity index is 1.57. The molecule has 0 saturated heterocycles. The lowest BCUT2D eigenvalue weighted by molar-refractivity contribution is 0.0955. The second kappa shape index (κ2) is 9.40. The number of hydrogen-bond donors (Lipinski definition) is 1. The minimum Gasteiger partial charge on any atom is -0.489 e. The van der Waals surface area contributed by atoms with Gasteiger partial charge in [0.1, 0.15) is 12.4 Å². The van der Waals surface area contributed by atoms with Gasteiger partial charge in [0, 0.05) is 15.6 Å². The molecule has 3 aromatic carbocycles. The van der Waals surface area contributed by atoms with Crippen molar-refractivity contribution in [1.82, 2.24) is 5.43 Å². The van der Waals surface area contributed by atoms with Gasteiger partial charge in [-0.05, 0) is 78.7 Å². The van der Waals surface area contributed by atoms with Gasteiger partial charge in [-0.15, -0.1) is 0 Å². The van der Waals surface area contributed by atoms with Crippen LogP contribution in [0.3, 0.4) is 0 Å². The third-order valence-electron chi connectivity index (χ3n) is 4.02. The number of benzene rings is 3. The quantitative estimate of drug-likeness (QED) is 0.415. The van der Waals surface area contributed by atoms with Crippen molar-refractivity contribution in [2.75, 3.05) is 0 Å². The van der Waals surface area contributed by atoms with Crippen molar-refractivity contribution in [1.29, 1.82) is 0 Å². The summed E-state index contributed by atoms with van der Waals surface area (Å²) in [4.78, 5) is 12.1. The number of nitrogens with one attached hydrogen (secondary N) is 1. The minimum atomic E-state index is -0.293. The van der Waals surface area contributed by atoms with Gasteiger partial charge in [0.25, 0.3) is 5.91 Å². The van der Waals surface area contributed by atoms with Gasteiger partial charge in [-0.3, -0.25) is 4.79 Å². The number of amides is 1. The van der Waals surface area contributed by atoms with Crippen LogP contribution >= 0.6 is 23.2 Å². The highest BCUT2D eigenvalue weighted by molar-refractivity contribution is 6.30. The highest BCUT2D eigenvalue weighted by atomic mass is 35.5. The average molecular weight is 413 g/mol. The van der Waals surface area contributed by atoms with Crippen LogP contribution in [0.5, 0.6) is 5.75 Å². The molecule has 4 nitrogen and oxygen atoms in total. The number of ether oxygens (including phenoxy) is 1. The molecule has 0 heterocycles. The summed E-state index contributed by atoms with van der Waals surface area (Å²) in [5.41, 5.74) is 5.65. The maximum absolute atomic E-state index is 12.1. The van der Waals surface area contributed by atoms with E-state index in [0.717, 1.165) is 16.9 Å². The van der Waals surface area contributed by atoms with E-state index in [1.54, 1.807) is 24.3 Å². The molecule has 0 aliphatic rings. The highest BCUT2D eigenvalue weighted by Crippen LogP contribution is 2.16. The molecule has 0 unspecified atom stereocenters. The van der Waals surface area contributed by atoms with Crippen LogP contribution < -0.4 is 10.2 Å². The first-order valence-corrected chi connectivity index (χ1v) is 9.35. The van der Waals surface area contributed by atoms with E-state index in [1.807, 2.05) is 55.5 Å². The van der Waals surface area contributed by atoms with E-state index in [4.69, 9.17) is 27.9 Å². The Morgan fingerprint density at radius 3 is 2.00 bits per heavy atom. The zero-order chi connectivity index (χ0) is 19.9. The van der Waals surface area contributed by atoms with Crippen molar-refractivity contribution < 1.29 is 9.53 Å². The molecular formula is C22H18Cl2N2O2. The molecule has 0 fully saturated rings. The number of carbonyl (C=O) groups excluding carboxylic acids is 1. The van der Waals surface area contributed by atoms with Gasteiger partial charge < -0.3 is 4.74 Å². The number of carbonyl (C=O) groups is 1. The molecule has 0 saturated carbocycles. The number of halogens is 2. The molecule has 0 bridgehead atoms. The summed E-state index contributed by atoms with van der Waals surface area (Å²) < 4.78 is 5.77. The first kappa shape index (κ1) is 19.9. The Hall–Kier alpha value is -2.82. The molecule has 0 aliphatic heterocycles. The Morgan fingerprint density at radius 1 is 0.857 bits per heavy atom. The second-order valence-corrected chi connectivity index (χ2v) is 6.96. The smallest absolute Gasteiger partial charge is 0.271 e. The molecule has 0 atom stereocenters. The maximum atomic E-state index is 12.1. The lowest BCUT2D eigenvalue weighted by atomic mass is 10.1. The van der Waals surface area contributed by atoms with Gasteiger partial charge in [0.05, 0.1) is 5.71 Å². The molecule has 3 aromatic rings. The normalized spacial score (nSPS) is 11.2. The Bertz CT molecular complexity index is 967. The molecule has 0 radical (unpaired) electrons. The third-order valence-corrected chi connectivity index (χ3v) is 4.53. The summed E-state index contributed by atoms with van der Waals surface area (Å²) in [5.74, 6) is 0.454. The molecule has 6 heteroatoms. The third kappa shape index (κ3) is 5.59. The molecule has 1 N–H and O–H groups in total. The number of hydrogen-bond acceptors (Lipinski definition) is 3. The van der Waals surface area contributed by atoms with Gasteiger partial charge in [0.15, 0.2) is 0 Å². The fourth-order valence-electron chi connectivity index (χ4n) is 2.40. The van der Waals surface area contributed by atoms with Crippen molar-refractivity contribution in [3.63, 3.8) is 0 Å². The summed E-state index contributed by atoms with van der Waals surface area (Å²) in [6, 6.07) is 21.7. The molecule has 28 heavy (non-hydrogen) atoms. The fraction of sp³-hybridized carbons (Fsp3) is 0.0909. The summed E-state index contributed by atoms with van der Waals surface area (Å²) in [7, 11) is 0. The highest BCUT2D eigenvalue weighted by Gasteiger charge is 2.05. The van der Waals surface area contributed by atoms with Crippen LogP contribution in [0.1, 0.15) is 28.4 Å². The van der Waals surface area contributed by atoms with E-state index in [0.29, 0.717) is 27.9 Å². The topological polar surface area (TPSA) is 50.7 Å². The summed E-state index contributed by atoms with van der Waals surface area (Å²) in [6.07, 6.45) is 0. The van der Waals surface area contributed by atoms with E-state index in [2.05, 4.69) is 10.5 Å². The van der Waals surface area contributed by atoms with Crippen LogP contribution in [-0.2, 0) is 6.61 Å². The van der Waals surface area contributed by atoms with Crippen LogP contribution in [0.4, 0.5) is 0 Å². The Morgan fingerprint density at radius 2 is 1.39 bits per heavy atom. The van der Waals surface area contributed by atoms with Crippen LogP contribution in [-0.4, -0.2) is 11.6 Å². The molecule has 0 spiro atoms. The van der Waals surface area contributed by atoms with Crippen LogP contribution in [0.25, 0.3) is 0 Å². The molecule has 0 aliphatic carbocycles. The molecule has 0 aromatic heterocycles. The predicted molar refractivity (Wildman–Crippen MR) is 113 cm³/mol. The molecule has 142 valence electrons. The van der Waals surface area contributed by atoms with E-state index in [9.17, 15) is 4.79 Å². The monoisotopic (exact) mass is 412 g/mol. The zero-order valence-electron chi connectivity index (χ0n) is 15.2. The largest absolute Gasteiger partial charge is 0.489 e. The predicted octanol–water partition coefficient (Wildman–Crippen LogP) is 5.73. The molecule has 3 rings (SSSR count). The van der Waals surface area contributed by atoms with Gasteiger partial charge in [-0.2, -0.15) is 5.10 Å². The van der Waals surface area contributed by atoms with E-state index in [1.165, 1.54) is 0 Å². The lowest BCUT2D eigenvalue weighted by Gasteiger charge is -2.08.